The Hall–Kier alpha value is -1.14. The summed E-state index contributed by atoms with van der Waals surface area (Å²) in [6.45, 7) is 3.96. The van der Waals surface area contributed by atoms with E-state index in [0.717, 1.165) is 0 Å². The highest BCUT2D eigenvalue weighted by atomic mass is 16.5. The number of rotatable bonds is 6. The van der Waals surface area contributed by atoms with Gasteiger partial charge in [0.15, 0.2) is 5.60 Å². The molecule has 0 aromatic carbocycles. The third kappa shape index (κ3) is 4.59. The number of methoxy groups -OCH3 is 1. The van der Waals surface area contributed by atoms with Crippen molar-refractivity contribution in [3.63, 3.8) is 0 Å². The highest BCUT2D eigenvalue weighted by Gasteiger charge is 2.33. The SMILES string of the molecule is CCN(CC(=O)NC)CC(C)(O)C(=O)OC. The molecule has 0 fully saturated rings. The Bertz CT molecular complexity index is 253. The number of likely N-dealkylation sites (N-methyl/N-ethyl adjacent to an activating group) is 2. The Morgan fingerprint density at radius 3 is 2.44 bits per heavy atom. The van der Waals surface area contributed by atoms with E-state index in [2.05, 4.69) is 10.1 Å². The van der Waals surface area contributed by atoms with Crippen molar-refractivity contribution in [3.05, 3.63) is 0 Å². The van der Waals surface area contributed by atoms with Crippen molar-refractivity contribution in [3.8, 4) is 0 Å². The summed E-state index contributed by atoms with van der Waals surface area (Å²) in [6.07, 6.45) is 0. The van der Waals surface area contributed by atoms with E-state index >= 15 is 0 Å². The molecule has 1 atom stereocenters. The van der Waals surface area contributed by atoms with E-state index in [1.54, 1.807) is 4.90 Å². The Morgan fingerprint density at radius 2 is 2.06 bits per heavy atom. The molecule has 1 unspecified atom stereocenters. The van der Waals surface area contributed by atoms with Gasteiger partial charge in [0.1, 0.15) is 0 Å². The fourth-order valence-corrected chi connectivity index (χ4v) is 1.28. The monoisotopic (exact) mass is 232 g/mol. The van der Waals surface area contributed by atoms with Crippen LogP contribution in [0.2, 0.25) is 0 Å². The van der Waals surface area contributed by atoms with Crippen molar-refractivity contribution < 1.29 is 19.4 Å². The molecule has 0 aromatic rings. The fraction of sp³-hybridized carbons (Fsp3) is 0.800. The largest absolute Gasteiger partial charge is 0.467 e. The molecule has 0 aliphatic heterocycles. The van der Waals surface area contributed by atoms with Crippen molar-refractivity contribution >= 4 is 11.9 Å². The number of ether oxygens (including phenoxy) is 1. The van der Waals surface area contributed by atoms with E-state index in [1.807, 2.05) is 6.92 Å². The second-order valence-electron chi connectivity index (χ2n) is 3.74. The van der Waals surface area contributed by atoms with Gasteiger partial charge in [-0.2, -0.15) is 0 Å². The summed E-state index contributed by atoms with van der Waals surface area (Å²) < 4.78 is 4.48. The van der Waals surface area contributed by atoms with Gasteiger partial charge < -0.3 is 15.2 Å². The second-order valence-corrected chi connectivity index (χ2v) is 3.74. The van der Waals surface area contributed by atoms with Crippen LogP contribution in [0.15, 0.2) is 0 Å². The van der Waals surface area contributed by atoms with Crippen LogP contribution in [0.3, 0.4) is 0 Å². The Kier molecular flexibility index (Phi) is 5.98. The smallest absolute Gasteiger partial charge is 0.338 e. The maximum Gasteiger partial charge on any atom is 0.338 e. The molecular formula is C10H20N2O4. The van der Waals surface area contributed by atoms with E-state index in [-0.39, 0.29) is 19.0 Å². The fourth-order valence-electron chi connectivity index (χ4n) is 1.28. The van der Waals surface area contributed by atoms with Crippen molar-refractivity contribution in [2.75, 3.05) is 33.8 Å². The Labute approximate surface area is 95.6 Å². The number of aliphatic hydroxyl groups is 1. The zero-order valence-electron chi connectivity index (χ0n) is 10.2. The normalized spacial score (nSPS) is 14.4. The van der Waals surface area contributed by atoms with Gasteiger partial charge in [0, 0.05) is 13.6 Å². The van der Waals surface area contributed by atoms with Crippen molar-refractivity contribution in [2.45, 2.75) is 19.4 Å². The van der Waals surface area contributed by atoms with Crippen LogP contribution in [0, 0.1) is 0 Å². The molecule has 0 saturated heterocycles. The Morgan fingerprint density at radius 1 is 1.50 bits per heavy atom. The first-order valence-electron chi connectivity index (χ1n) is 5.11. The maximum absolute atomic E-state index is 11.2. The number of hydrogen-bond acceptors (Lipinski definition) is 5. The van der Waals surface area contributed by atoms with E-state index in [1.165, 1.54) is 21.1 Å². The van der Waals surface area contributed by atoms with Crippen LogP contribution < -0.4 is 5.32 Å². The number of carbonyl (C=O) groups is 2. The van der Waals surface area contributed by atoms with Crippen LogP contribution in [0.1, 0.15) is 13.8 Å². The van der Waals surface area contributed by atoms with Gasteiger partial charge >= 0.3 is 5.97 Å². The standard InChI is InChI=1S/C10H20N2O4/c1-5-12(6-8(13)11-3)7-10(2,15)9(14)16-4/h15H,5-7H2,1-4H3,(H,11,13). The molecule has 1 amide bonds. The molecule has 0 aliphatic carbocycles. The molecule has 2 N–H and O–H groups in total. The first-order chi connectivity index (χ1) is 7.37. The van der Waals surface area contributed by atoms with Crippen LogP contribution in [-0.2, 0) is 14.3 Å². The lowest BCUT2D eigenvalue weighted by atomic mass is 10.1. The molecule has 0 aromatic heterocycles. The average Bonchev–Trinajstić information content (AvgIpc) is 2.26. The van der Waals surface area contributed by atoms with Crippen LogP contribution >= 0.6 is 0 Å². The van der Waals surface area contributed by atoms with Gasteiger partial charge in [-0.05, 0) is 13.5 Å². The van der Waals surface area contributed by atoms with Crippen molar-refractivity contribution in [2.24, 2.45) is 0 Å². The van der Waals surface area contributed by atoms with Crippen LogP contribution in [0.4, 0.5) is 0 Å². The molecule has 0 saturated carbocycles. The molecule has 6 heteroatoms. The summed E-state index contributed by atoms with van der Waals surface area (Å²) in [5.74, 6) is -0.870. The summed E-state index contributed by atoms with van der Waals surface area (Å²) in [7, 11) is 2.75. The van der Waals surface area contributed by atoms with E-state index in [9.17, 15) is 14.7 Å². The van der Waals surface area contributed by atoms with Gasteiger partial charge in [-0.1, -0.05) is 6.92 Å². The summed E-state index contributed by atoms with van der Waals surface area (Å²) in [5.41, 5.74) is -1.60. The number of amides is 1. The molecule has 0 heterocycles. The molecule has 0 spiro atoms. The molecule has 0 aliphatic rings. The first kappa shape index (κ1) is 14.9. The maximum atomic E-state index is 11.2. The predicted octanol–water partition coefficient (Wildman–Crippen LogP) is -1.02. The third-order valence-electron chi connectivity index (χ3n) is 2.25. The summed E-state index contributed by atoms with van der Waals surface area (Å²) in [5, 5.41) is 12.3. The zero-order chi connectivity index (χ0) is 12.8. The topological polar surface area (TPSA) is 78.9 Å². The van der Waals surface area contributed by atoms with Gasteiger partial charge in [0.2, 0.25) is 5.91 Å². The lowest BCUT2D eigenvalue weighted by molar-refractivity contribution is -0.162. The lowest BCUT2D eigenvalue weighted by Crippen LogP contribution is -2.49. The number of carbonyl (C=O) groups excluding carboxylic acids is 2. The number of esters is 1. The highest BCUT2D eigenvalue weighted by molar-refractivity contribution is 5.80. The number of nitrogens with zero attached hydrogens (tertiary/aromatic N) is 1. The van der Waals surface area contributed by atoms with E-state index < -0.39 is 11.6 Å². The van der Waals surface area contributed by atoms with E-state index in [4.69, 9.17) is 0 Å². The summed E-state index contributed by atoms with van der Waals surface area (Å²) >= 11 is 0. The predicted molar refractivity (Wildman–Crippen MR) is 58.8 cm³/mol. The van der Waals surface area contributed by atoms with Gasteiger partial charge in [0.05, 0.1) is 13.7 Å². The van der Waals surface area contributed by atoms with Crippen molar-refractivity contribution in [1.82, 2.24) is 10.2 Å². The third-order valence-corrected chi connectivity index (χ3v) is 2.25. The highest BCUT2D eigenvalue weighted by Crippen LogP contribution is 2.08. The van der Waals surface area contributed by atoms with Crippen LogP contribution in [-0.4, -0.2) is 61.3 Å². The molecule has 0 bridgehead atoms. The van der Waals surface area contributed by atoms with Gasteiger partial charge in [-0.25, -0.2) is 4.79 Å². The Balaban J connectivity index is 4.41. The minimum atomic E-state index is -1.60. The van der Waals surface area contributed by atoms with Crippen molar-refractivity contribution in [1.29, 1.82) is 0 Å². The molecule has 94 valence electrons. The summed E-state index contributed by atoms with van der Waals surface area (Å²) in [4.78, 5) is 24.1. The molecule has 0 radical (unpaired) electrons. The molecule has 0 rings (SSSR count). The van der Waals surface area contributed by atoms with Gasteiger partial charge in [-0.3, -0.25) is 9.69 Å². The average molecular weight is 232 g/mol. The summed E-state index contributed by atoms with van der Waals surface area (Å²) in [6, 6.07) is 0. The van der Waals surface area contributed by atoms with Gasteiger partial charge in [0.25, 0.3) is 0 Å². The number of nitrogens with one attached hydrogen (secondary N) is 1. The number of hydrogen-bond donors (Lipinski definition) is 2. The lowest BCUT2D eigenvalue weighted by Gasteiger charge is -2.28. The molecule has 6 nitrogen and oxygen atoms in total. The minimum Gasteiger partial charge on any atom is -0.467 e. The quantitative estimate of drug-likeness (QED) is 0.573. The zero-order valence-corrected chi connectivity index (χ0v) is 10.2. The van der Waals surface area contributed by atoms with Crippen LogP contribution in [0.5, 0.6) is 0 Å². The molecule has 16 heavy (non-hydrogen) atoms. The minimum absolute atomic E-state index is 0.0591. The first-order valence-corrected chi connectivity index (χ1v) is 5.11. The van der Waals surface area contributed by atoms with Gasteiger partial charge in [-0.15, -0.1) is 0 Å². The molecular weight excluding hydrogens is 212 g/mol. The van der Waals surface area contributed by atoms with E-state index in [0.29, 0.717) is 6.54 Å². The van der Waals surface area contributed by atoms with Crippen LogP contribution in [0.25, 0.3) is 0 Å². The second kappa shape index (κ2) is 6.44.